The SMILES string of the molecule is COc1cc(N)ccc1CN1CCCC(C(F)(F)F)C1. The first kappa shape index (κ1) is 15.0. The van der Waals surface area contributed by atoms with Crippen LogP contribution in [0.1, 0.15) is 18.4 Å². The Morgan fingerprint density at radius 2 is 2.15 bits per heavy atom. The van der Waals surface area contributed by atoms with Gasteiger partial charge in [-0.05, 0) is 25.5 Å². The van der Waals surface area contributed by atoms with Gasteiger partial charge in [0.2, 0.25) is 0 Å². The molecule has 20 heavy (non-hydrogen) atoms. The van der Waals surface area contributed by atoms with Crippen molar-refractivity contribution in [2.24, 2.45) is 5.92 Å². The first-order valence-corrected chi connectivity index (χ1v) is 6.61. The molecule has 1 atom stereocenters. The largest absolute Gasteiger partial charge is 0.496 e. The molecule has 0 saturated carbocycles. The van der Waals surface area contributed by atoms with Crippen LogP contribution in [0.4, 0.5) is 18.9 Å². The van der Waals surface area contributed by atoms with Crippen molar-refractivity contribution in [1.29, 1.82) is 0 Å². The van der Waals surface area contributed by atoms with Crippen LogP contribution in [-0.2, 0) is 6.54 Å². The molecule has 1 aliphatic heterocycles. The van der Waals surface area contributed by atoms with Crippen LogP contribution in [0.15, 0.2) is 18.2 Å². The van der Waals surface area contributed by atoms with Crippen molar-refractivity contribution in [3.8, 4) is 5.75 Å². The molecule has 6 heteroatoms. The minimum absolute atomic E-state index is 0.0526. The van der Waals surface area contributed by atoms with E-state index in [1.807, 2.05) is 11.0 Å². The standard InChI is InChI=1S/C14H19F3N2O/c1-20-13-7-12(18)5-4-10(13)8-19-6-2-3-11(9-19)14(15,16)17/h4-5,7,11H,2-3,6,8-9,18H2,1H3. The summed E-state index contributed by atoms with van der Waals surface area (Å²) >= 11 is 0. The maximum absolute atomic E-state index is 12.8. The van der Waals surface area contributed by atoms with Gasteiger partial charge in [0.1, 0.15) is 5.75 Å². The molecule has 2 rings (SSSR count). The Kier molecular flexibility index (Phi) is 4.42. The van der Waals surface area contributed by atoms with Gasteiger partial charge in [-0.3, -0.25) is 4.90 Å². The van der Waals surface area contributed by atoms with Crippen LogP contribution in [-0.4, -0.2) is 31.3 Å². The van der Waals surface area contributed by atoms with Crippen LogP contribution in [0.2, 0.25) is 0 Å². The maximum atomic E-state index is 12.8. The van der Waals surface area contributed by atoms with E-state index in [9.17, 15) is 13.2 Å². The van der Waals surface area contributed by atoms with Crippen LogP contribution < -0.4 is 10.5 Å². The van der Waals surface area contributed by atoms with E-state index in [4.69, 9.17) is 10.5 Å². The summed E-state index contributed by atoms with van der Waals surface area (Å²) in [5, 5.41) is 0. The highest BCUT2D eigenvalue weighted by Gasteiger charge is 2.41. The van der Waals surface area contributed by atoms with E-state index in [1.54, 1.807) is 12.1 Å². The smallest absolute Gasteiger partial charge is 0.393 e. The zero-order chi connectivity index (χ0) is 14.8. The molecule has 112 valence electrons. The number of benzene rings is 1. The van der Waals surface area contributed by atoms with E-state index in [0.717, 1.165) is 5.56 Å². The van der Waals surface area contributed by atoms with Crippen molar-refractivity contribution in [2.75, 3.05) is 25.9 Å². The molecule has 1 aliphatic rings. The zero-order valence-electron chi connectivity index (χ0n) is 11.4. The van der Waals surface area contributed by atoms with Crippen molar-refractivity contribution in [3.05, 3.63) is 23.8 Å². The summed E-state index contributed by atoms with van der Waals surface area (Å²) < 4.78 is 43.6. The monoisotopic (exact) mass is 288 g/mol. The van der Waals surface area contributed by atoms with Crippen molar-refractivity contribution in [2.45, 2.75) is 25.6 Å². The number of methoxy groups -OCH3 is 1. The Labute approximate surface area is 116 Å². The second-order valence-corrected chi connectivity index (χ2v) is 5.19. The normalized spacial score (nSPS) is 20.9. The minimum Gasteiger partial charge on any atom is -0.496 e. The van der Waals surface area contributed by atoms with E-state index < -0.39 is 12.1 Å². The van der Waals surface area contributed by atoms with Crippen molar-refractivity contribution in [1.82, 2.24) is 4.90 Å². The molecule has 0 bridgehead atoms. The van der Waals surface area contributed by atoms with E-state index >= 15 is 0 Å². The van der Waals surface area contributed by atoms with Gasteiger partial charge in [0.15, 0.2) is 0 Å². The van der Waals surface area contributed by atoms with Crippen LogP contribution >= 0.6 is 0 Å². The molecule has 0 spiro atoms. The molecule has 1 saturated heterocycles. The van der Waals surface area contributed by atoms with Crippen molar-refractivity contribution < 1.29 is 17.9 Å². The lowest BCUT2D eigenvalue weighted by Gasteiger charge is -2.33. The maximum Gasteiger partial charge on any atom is 0.393 e. The quantitative estimate of drug-likeness (QED) is 0.869. The van der Waals surface area contributed by atoms with E-state index in [2.05, 4.69) is 0 Å². The van der Waals surface area contributed by atoms with E-state index in [0.29, 0.717) is 30.9 Å². The number of alkyl halides is 3. The lowest BCUT2D eigenvalue weighted by atomic mass is 9.97. The summed E-state index contributed by atoms with van der Waals surface area (Å²) in [5.41, 5.74) is 7.12. The van der Waals surface area contributed by atoms with Gasteiger partial charge in [0.25, 0.3) is 0 Å². The predicted octanol–water partition coefficient (Wildman–Crippen LogP) is 3.05. The number of piperidine rings is 1. The van der Waals surface area contributed by atoms with Gasteiger partial charge in [0, 0.05) is 30.4 Å². The number of nitrogens with two attached hydrogens (primary N) is 1. The molecular weight excluding hydrogens is 269 g/mol. The number of hydrogen-bond donors (Lipinski definition) is 1. The van der Waals surface area contributed by atoms with Gasteiger partial charge >= 0.3 is 6.18 Å². The molecule has 1 aromatic carbocycles. The summed E-state index contributed by atoms with van der Waals surface area (Å²) in [6.07, 6.45) is -3.32. The summed E-state index contributed by atoms with van der Waals surface area (Å²) in [4.78, 5) is 1.83. The van der Waals surface area contributed by atoms with Gasteiger partial charge < -0.3 is 10.5 Å². The highest BCUT2D eigenvalue weighted by Crippen LogP contribution is 2.34. The topological polar surface area (TPSA) is 38.5 Å². The molecule has 0 radical (unpaired) electrons. The fourth-order valence-corrected chi connectivity index (χ4v) is 2.60. The summed E-state index contributed by atoms with van der Waals surface area (Å²) in [6, 6.07) is 5.24. The number of nitrogen functional groups attached to an aromatic ring is 1. The van der Waals surface area contributed by atoms with Gasteiger partial charge in [-0.25, -0.2) is 0 Å². The van der Waals surface area contributed by atoms with E-state index in [-0.39, 0.29) is 13.0 Å². The summed E-state index contributed by atoms with van der Waals surface area (Å²) in [5.74, 6) is -0.602. The Morgan fingerprint density at radius 1 is 1.40 bits per heavy atom. The third-order valence-corrected chi connectivity index (χ3v) is 3.67. The lowest BCUT2D eigenvalue weighted by Crippen LogP contribution is -2.41. The average Bonchev–Trinajstić information content (AvgIpc) is 2.40. The first-order valence-electron chi connectivity index (χ1n) is 6.61. The fraction of sp³-hybridized carbons (Fsp3) is 0.571. The second kappa shape index (κ2) is 5.91. The number of likely N-dealkylation sites (tertiary alicyclic amines) is 1. The van der Waals surface area contributed by atoms with Gasteiger partial charge in [-0.15, -0.1) is 0 Å². The molecule has 1 heterocycles. The van der Waals surface area contributed by atoms with Gasteiger partial charge in [-0.1, -0.05) is 6.07 Å². The Bertz CT molecular complexity index is 462. The highest BCUT2D eigenvalue weighted by molar-refractivity contribution is 5.48. The molecule has 2 N–H and O–H groups in total. The zero-order valence-corrected chi connectivity index (χ0v) is 11.4. The van der Waals surface area contributed by atoms with Gasteiger partial charge in [0.05, 0.1) is 13.0 Å². The second-order valence-electron chi connectivity index (χ2n) is 5.19. The van der Waals surface area contributed by atoms with Crippen molar-refractivity contribution >= 4 is 5.69 Å². The molecule has 3 nitrogen and oxygen atoms in total. The molecule has 0 amide bonds. The fourth-order valence-electron chi connectivity index (χ4n) is 2.60. The number of ether oxygens (including phenoxy) is 1. The number of anilines is 1. The van der Waals surface area contributed by atoms with Crippen molar-refractivity contribution in [3.63, 3.8) is 0 Å². The first-order chi connectivity index (χ1) is 9.40. The third-order valence-electron chi connectivity index (χ3n) is 3.67. The molecule has 1 unspecified atom stereocenters. The Balaban J connectivity index is 2.06. The minimum atomic E-state index is -4.11. The van der Waals surface area contributed by atoms with Gasteiger partial charge in [-0.2, -0.15) is 13.2 Å². The number of hydrogen-bond acceptors (Lipinski definition) is 3. The lowest BCUT2D eigenvalue weighted by molar-refractivity contribution is -0.187. The molecule has 1 fully saturated rings. The molecule has 0 aromatic heterocycles. The summed E-state index contributed by atoms with van der Waals surface area (Å²) in [6.45, 7) is 1.19. The third kappa shape index (κ3) is 3.56. The number of nitrogens with zero attached hydrogens (tertiary/aromatic N) is 1. The van der Waals surface area contributed by atoms with Crippen LogP contribution in [0.25, 0.3) is 0 Å². The predicted molar refractivity (Wildman–Crippen MR) is 71.5 cm³/mol. The van der Waals surface area contributed by atoms with Crippen LogP contribution in [0, 0.1) is 5.92 Å². The number of halogens is 3. The molecule has 1 aromatic rings. The molecular formula is C14H19F3N2O. The molecule has 0 aliphatic carbocycles. The average molecular weight is 288 g/mol. The van der Waals surface area contributed by atoms with E-state index in [1.165, 1.54) is 7.11 Å². The Morgan fingerprint density at radius 3 is 2.80 bits per heavy atom. The van der Waals surface area contributed by atoms with Crippen LogP contribution in [0.3, 0.4) is 0 Å². The summed E-state index contributed by atoms with van der Waals surface area (Å²) in [7, 11) is 1.53. The highest BCUT2D eigenvalue weighted by atomic mass is 19.4. The van der Waals surface area contributed by atoms with Crippen LogP contribution in [0.5, 0.6) is 5.75 Å². The number of rotatable bonds is 3. The Hall–Kier alpha value is -1.43.